The first kappa shape index (κ1) is 39.9. The summed E-state index contributed by atoms with van der Waals surface area (Å²) < 4.78 is 38.6. The fraction of sp³-hybridized carbons (Fsp3) is 1.00. The summed E-state index contributed by atoms with van der Waals surface area (Å²) in [6.07, 6.45) is -6.67. The number of ether oxygens (including phenoxy) is 6. The summed E-state index contributed by atoms with van der Waals surface area (Å²) in [4.78, 5) is 0. The van der Waals surface area contributed by atoms with Crippen molar-refractivity contribution in [1.29, 1.82) is 0 Å². The first-order valence-electron chi connectivity index (χ1n) is 21.0. The predicted molar refractivity (Wildman–Crippen MR) is 191 cm³/mol. The van der Waals surface area contributed by atoms with Crippen molar-refractivity contribution in [2.75, 3.05) is 13.2 Å². The minimum absolute atomic E-state index is 0.0384. The molecule has 9 rings (SSSR count). The zero-order valence-electron chi connectivity index (χ0n) is 33.4. The summed E-state index contributed by atoms with van der Waals surface area (Å²) in [6, 6.07) is 0. The highest BCUT2D eigenvalue weighted by molar-refractivity contribution is 5.34. The Kier molecular flexibility index (Phi) is 9.06. The topological polar surface area (TPSA) is 217 Å². The molecule has 0 unspecified atom stereocenters. The molecule has 55 heavy (non-hydrogen) atoms. The van der Waals surface area contributed by atoms with Gasteiger partial charge in [-0.25, -0.2) is 0 Å². The van der Waals surface area contributed by atoms with Gasteiger partial charge in [0.1, 0.15) is 48.8 Å². The predicted octanol–water partition coefficient (Wildman–Crippen LogP) is 0.946. The van der Waals surface area contributed by atoms with Crippen molar-refractivity contribution in [2.45, 2.75) is 191 Å². The lowest BCUT2D eigenvalue weighted by Crippen LogP contribution is -2.63. The molecule has 5 aliphatic carbocycles. The van der Waals surface area contributed by atoms with Crippen LogP contribution in [0.3, 0.4) is 0 Å². The van der Waals surface area contributed by atoms with E-state index < -0.39 is 85.5 Å². The van der Waals surface area contributed by atoms with Gasteiger partial charge in [0.2, 0.25) is 0 Å². The molecule has 0 aromatic rings. The molecule has 9 aliphatic rings. The number of aliphatic hydroxyl groups is 8. The highest BCUT2D eigenvalue weighted by Crippen LogP contribution is 2.90. The van der Waals surface area contributed by atoms with Crippen LogP contribution < -0.4 is 0 Å². The van der Waals surface area contributed by atoms with Crippen LogP contribution in [0, 0.1) is 50.7 Å². The smallest absolute Gasteiger partial charge is 0.187 e. The molecule has 2 bridgehead atoms. The van der Waals surface area contributed by atoms with E-state index in [4.69, 9.17) is 28.4 Å². The fourth-order valence-electron chi connectivity index (χ4n) is 15.5. The molecule has 0 amide bonds. The van der Waals surface area contributed by atoms with E-state index in [0.29, 0.717) is 12.8 Å². The van der Waals surface area contributed by atoms with Crippen LogP contribution in [0.25, 0.3) is 0 Å². The summed E-state index contributed by atoms with van der Waals surface area (Å²) in [6.45, 7) is 14.6. The second-order valence-electron chi connectivity index (χ2n) is 21.2. The first-order chi connectivity index (χ1) is 25.6. The monoisotopic (exact) mass is 782 g/mol. The van der Waals surface area contributed by atoms with Crippen LogP contribution in [0.2, 0.25) is 0 Å². The number of rotatable bonds is 6. The minimum atomic E-state index is -1.55. The second-order valence-corrected chi connectivity index (χ2v) is 21.2. The summed E-state index contributed by atoms with van der Waals surface area (Å²) in [5, 5.41) is 85.1. The Bertz CT molecular complexity index is 1510. The zero-order valence-corrected chi connectivity index (χ0v) is 33.4. The van der Waals surface area contributed by atoms with Crippen LogP contribution in [0.5, 0.6) is 0 Å². The summed E-state index contributed by atoms with van der Waals surface area (Å²) in [5.74, 6) is -0.345. The Labute approximate surface area is 323 Å². The number of hydrogen-bond donors (Lipinski definition) is 8. The summed E-state index contributed by atoms with van der Waals surface area (Å²) >= 11 is 0. The van der Waals surface area contributed by atoms with Crippen LogP contribution in [0.1, 0.15) is 99.8 Å². The minimum Gasteiger partial charge on any atom is -0.394 e. The molecule has 8 N–H and O–H groups in total. The highest BCUT2D eigenvalue weighted by atomic mass is 16.8. The maximum atomic E-state index is 12.6. The molecule has 0 aromatic heterocycles. The third-order valence-electron chi connectivity index (χ3n) is 18.0. The quantitative estimate of drug-likeness (QED) is 0.176. The van der Waals surface area contributed by atoms with Gasteiger partial charge in [-0.05, 0) is 104 Å². The molecule has 0 radical (unpaired) electrons. The Morgan fingerprint density at radius 1 is 0.727 bits per heavy atom. The number of hydrogen-bond acceptors (Lipinski definition) is 14. The normalized spacial score (nSPS) is 60.6. The summed E-state index contributed by atoms with van der Waals surface area (Å²) in [5.41, 5.74) is -1.87. The van der Waals surface area contributed by atoms with E-state index in [9.17, 15) is 40.9 Å². The molecule has 0 aromatic carbocycles. The van der Waals surface area contributed by atoms with Gasteiger partial charge in [-0.1, -0.05) is 34.6 Å². The maximum Gasteiger partial charge on any atom is 0.187 e. The molecular formula is C41H66O14. The lowest BCUT2D eigenvalue weighted by atomic mass is 9.41. The van der Waals surface area contributed by atoms with Crippen LogP contribution in [-0.4, -0.2) is 145 Å². The van der Waals surface area contributed by atoms with E-state index in [2.05, 4.69) is 34.6 Å². The van der Waals surface area contributed by atoms with Gasteiger partial charge in [0.25, 0.3) is 0 Å². The van der Waals surface area contributed by atoms with Gasteiger partial charge in [-0.15, -0.1) is 0 Å². The molecule has 14 nitrogen and oxygen atoms in total. The van der Waals surface area contributed by atoms with E-state index in [1.165, 1.54) is 0 Å². The van der Waals surface area contributed by atoms with Crippen molar-refractivity contribution < 1.29 is 69.3 Å². The van der Waals surface area contributed by atoms with Crippen LogP contribution in [0.4, 0.5) is 0 Å². The van der Waals surface area contributed by atoms with Gasteiger partial charge >= 0.3 is 0 Å². The van der Waals surface area contributed by atoms with Crippen LogP contribution >= 0.6 is 0 Å². The molecule has 22 atom stereocenters. The van der Waals surface area contributed by atoms with Crippen molar-refractivity contribution >= 4 is 0 Å². The van der Waals surface area contributed by atoms with Crippen molar-refractivity contribution in [3.63, 3.8) is 0 Å². The fourth-order valence-corrected chi connectivity index (χ4v) is 15.5. The zero-order chi connectivity index (χ0) is 39.6. The molecule has 4 heterocycles. The third-order valence-corrected chi connectivity index (χ3v) is 18.0. The van der Waals surface area contributed by atoms with Crippen molar-refractivity contribution in [3.05, 3.63) is 0 Å². The molecule has 3 spiro atoms. The van der Waals surface area contributed by atoms with Gasteiger partial charge in [0.05, 0.1) is 37.1 Å². The number of fused-ring (bicyclic) bond motifs is 4. The Morgan fingerprint density at radius 3 is 2.15 bits per heavy atom. The summed E-state index contributed by atoms with van der Waals surface area (Å²) in [7, 11) is 0. The Balaban J connectivity index is 0.974. The Morgan fingerprint density at radius 2 is 1.44 bits per heavy atom. The molecule has 9 fully saturated rings. The second kappa shape index (κ2) is 12.5. The van der Waals surface area contributed by atoms with Gasteiger partial charge in [-0.2, -0.15) is 0 Å². The standard InChI is InChI=1S/C41H66O14/c1-18-12-21-32(36(4,5)55-34-29(49)27(47)26(46)22(14-42)51-34)54-41(53-21)16-38(7)31-19(43)13-23-35(2,3)24(52-33-28(48)25(45)20(44)15-50-33)8-9-39(23)17-40(31,39)11-10-37(38,6)30(18)41/h18-34,42-49H,8-17H2,1-7H3/t18-,19+,20-,21-,22+,23+,24+,25+,26+,27-,28-,29+,30-,31+,32+,33+,34-,37-,38+,39-,40+,41-/m1/s1. The molecule has 14 heteroatoms. The molecular weight excluding hydrogens is 716 g/mol. The highest BCUT2D eigenvalue weighted by Gasteiger charge is 2.87. The molecule has 4 aliphatic heterocycles. The van der Waals surface area contributed by atoms with Crippen LogP contribution in [-0.2, 0) is 28.4 Å². The van der Waals surface area contributed by atoms with Gasteiger partial charge in [0, 0.05) is 12.3 Å². The first-order valence-corrected chi connectivity index (χ1v) is 21.0. The van der Waals surface area contributed by atoms with Crippen LogP contribution in [0.15, 0.2) is 0 Å². The molecule has 5 saturated carbocycles. The lowest BCUT2D eigenvalue weighted by molar-refractivity contribution is -0.334. The average molecular weight is 783 g/mol. The van der Waals surface area contributed by atoms with E-state index in [-0.39, 0.29) is 69.6 Å². The van der Waals surface area contributed by atoms with E-state index >= 15 is 0 Å². The number of aliphatic hydroxyl groups excluding tert-OH is 8. The largest absolute Gasteiger partial charge is 0.394 e. The van der Waals surface area contributed by atoms with E-state index in [0.717, 1.165) is 38.5 Å². The van der Waals surface area contributed by atoms with Crippen molar-refractivity contribution in [1.82, 2.24) is 0 Å². The molecule has 4 saturated heterocycles. The SMILES string of the molecule is C[C@@H]1C[C@H]2O[C@]3(C[C@@]4(C)[C@@H]5[C@@H](O)C[C@H]6C(C)(C)[C@@H](O[C@@H]7OC[C@@H](O)[C@H](O)[C@H]7O)CC[C@@]67C[C@@]57CC[C@]4(C)[C@@H]13)O[C@@H]2C(C)(C)O[C@H]1O[C@@H](CO)[C@H](O)[C@@H](O)[C@@H]1O. The van der Waals surface area contributed by atoms with E-state index in [1.807, 2.05) is 13.8 Å². The molecule has 314 valence electrons. The van der Waals surface area contributed by atoms with E-state index in [1.54, 1.807) is 0 Å². The van der Waals surface area contributed by atoms with Gasteiger partial charge in [0.15, 0.2) is 18.4 Å². The third kappa shape index (κ3) is 5.10. The van der Waals surface area contributed by atoms with Crippen molar-refractivity contribution in [2.24, 2.45) is 50.7 Å². The van der Waals surface area contributed by atoms with Crippen molar-refractivity contribution in [3.8, 4) is 0 Å². The lowest BCUT2D eigenvalue weighted by Gasteiger charge is -2.64. The van der Waals surface area contributed by atoms with Gasteiger partial charge < -0.3 is 69.3 Å². The van der Waals surface area contributed by atoms with Gasteiger partial charge in [-0.3, -0.25) is 0 Å². The maximum absolute atomic E-state index is 12.6. The Hall–Kier alpha value is -0.560. The average Bonchev–Trinajstić information content (AvgIpc) is 3.58.